The molecule has 0 saturated carbocycles. The molecule has 6 aromatic carbocycles. The Morgan fingerprint density at radius 3 is 1.48 bits per heavy atom. The molecule has 54 heavy (non-hydrogen) atoms. The van der Waals surface area contributed by atoms with Crippen molar-refractivity contribution >= 4 is 15.8 Å². The predicted octanol–water partition coefficient (Wildman–Crippen LogP) is 5.64. The van der Waals surface area contributed by atoms with E-state index in [0.29, 0.717) is 0 Å². The molecule has 0 spiro atoms. The van der Waals surface area contributed by atoms with Gasteiger partial charge in [-0.25, -0.2) is 12.2 Å². The fourth-order valence-corrected chi connectivity index (χ4v) is 10.7. The van der Waals surface area contributed by atoms with E-state index in [2.05, 4.69) is 199 Å². The zero-order valence-electron chi connectivity index (χ0n) is 32.2. The molecule has 0 fully saturated rings. The number of hydrogen-bond donors (Lipinski definition) is 0. The van der Waals surface area contributed by atoms with Crippen LogP contribution in [0.4, 0.5) is 0 Å². The second kappa shape index (κ2) is 19.4. The van der Waals surface area contributed by atoms with Crippen molar-refractivity contribution in [3.8, 4) is 33.4 Å². The Labute approximate surface area is 352 Å². The van der Waals surface area contributed by atoms with E-state index in [9.17, 15) is 0 Å². The summed E-state index contributed by atoms with van der Waals surface area (Å²) in [5.74, 6) is 0. The van der Waals surface area contributed by atoms with E-state index in [4.69, 9.17) is 0 Å². The molecule has 0 bridgehead atoms. The zero-order chi connectivity index (χ0) is 36.7. The molecule has 2 aliphatic rings. The fraction of sp³-hybridized carbons (Fsp3) is 0.200. The molecule has 0 amide bonds. The fourth-order valence-electron chi connectivity index (χ4n) is 6.82. The van der Waals surface area contributed by atoms with Crippen LogP contribution in [0.15, 0.2) is 158 Å². The van der Waals surface area contributed by atoms with Crippen LogP contribution in [-0.2, 0) is 40.6 Å². The maximum atomic E-state index is 3.88. The number of fused-ring (bicyclic) bond motifs is 3. The monoisotopic (exact) mass is 836 g/mol. The molecule has 0 aliphatic heterocycles. The van der Waals surface area contributed by atoms with Crippen LogP contribution < -0.4 is 35.2 Å². The predicted molar refractivity (Wildman–Crippen MR) is 221 cm³/mol. The maximum absolute atomic E-state index is 3.88. The minimum absolute atomic E-state index is 0. The van der Waals surface area contributed by atoms with E-state index >= 15 is 0 Å². The van der Waals surface area contributed by atoms with Crippen molar-refractivity contribution < 1.29 is 48.1 Å². The van der Waals surface area contributed by atoms with Gasteiger partial charge in [0.15, 0.2) is 0 Å². The van der Waals surface area contributed by atoms with E-state index in [1.165, 1.54) is 66.0 Å². The first-order valence-electron chi connectivity index (χ1n) is 18.3. The summed E-state index contributed by atoms with van der Waals surface area (Å²) < 4.78 is 0. The van der Waals surface area contributed by atoms with Gasteiger partial charge in [-0.05, 0) is 39.5 Å². The van der Waals surface area contributed by atoms with Crippen LogP contribution >= 0.6 is 0 Å². The molecular formula is C50H48Cl2SiZr-2. The summed E-state index contributed by atoms with van der Waals surface area (Å²) in [6.45, 7) is 13.9. The van der Waals surface area contributed by atoms with Gasteiger partial charge in [0.1, 0.15) is 0 Å². The van der Waals surface area contributed by atoms with Gasteiger partial charge < -0.3 is 24.8 Å². The molecular weight excluding hydrogens is 791 g/mol. The standard InChI is InChI=1S/C33H33.C12H10Si.C5H5.2ClH.Zr/c1-32(2,3)30-20-26-24(18-28(30)22-13-9-7-10-14-22)17-25-19-29(23-15-11-8-12-16-23)31(21-27(25)26)33(4,5)6;1-3-7-11(8-4-1)13-12-9-5-2-6-10-12;1-2-4-5-3-1;;;/h7-16,18,20-21H,17H2,1-6H3;1-10H;1-3H,4H2;2*1H;/q-1;;-1;;;+2/p-2. The Hall–Kier alpha value is -3.52. The van der Waals surface area contributed by atoms with Gasteiger partial charge >= 0.3 is 99.8 Å². The summed E-state index contributed by atoms with van der Waals surface area (Å²) in [7, 11) is 0. The minimum atomic E-state index is -0.455. The summed E-state index contributed by atoms with van der Waals surface area (Å²) in [4.78, 5) is 0. The van der Waals surface area contributed by atoms with E-state index in [1.807, 2.05) is 12.2 Å². The molecule has 0 nitrogen and oxygen atoms in total. The first-order chi connectivity index (χ1) is 25.0. The Balaban J connectivity index is 0.000000255. The van der Waals surface area contributed by atoms with Gasteiger partial charge in [0.05, 0.1) is 0 Å². The van der Waals surface area contributed by atoms with Crippen LogP contribution in [0.25, 0.3) is 33.4 Å². The molecule has 0 N–H and O–H groups in total. The van der Waals surface area contributed by atoms with Gasteiger partial charge in [-0.3, -0.25) is 6.08 Å². The van der Waals surface area contributed by atoms with E-state index in [1.54, 1.807) is 23.3 Å². The molecule has 4 heteroatoms. The second-order valence-electron chi connectivity index (χ2n) is 15.5. The number of benzene rings is 6. The van der Waals surface area contributed by atoms with Crippen LogP contribution in [-0.4, -0.2) is 5.43 Å². The van der Waals surface area contributed by atoms with Gasteiger partial charge in [-0.15, -0.1) is 35.2 Å². The van der Waals surface area contributed by atoms with E-state index in [-0.39, 0.29) is 35.6 Å². The Kier molecular flexibility index (Phi) is 15.5. The van der Waals surface area contributed by atoms with Crippen LogP contribution in [0.5, 0.6) is 0 Å². The van der Waals surface area contributed by atoms with Crippen LogP contribution in [0, 0.1) is 12.1 Å². The average molecular weight is 839 g/mol. The van der Waals surface area contributed by atoms with Gasteiger partial charge in [0, 0.05) is 0 Å². The van der Waals surface area contributed by atoms with Gasteiger partial charge in [-0.1, -0.05) is 131 Å². The van der Waals surface area contributed by atoms with Crippen molar-refractivity contribution in [2.24, 2.45) is 0 Å². The SMILES string of the molecule is CC(C)(C)c1cc2c([c-]c1-c1ccccc1)Cc1cc(-c3ccccc3)c(C(C)(C)C)cc1-2.[C-]1=CC=CC1.[Cl-].[Cl-].[Zr+2]=[Si](c1ccccc1)c1ccccc1. The van der Waals surface area contributed by atoms with Crippen molar-refractivity contribution in [1.82, 2.24) is 0 Å². The van der Waals surface area contributed by atoms with Gasteiger partial charge in [0.2, 0.25) is 0 Å². The molecule has 2 aliphatic carbocycles. The quantitative estimate of drug-likeness (QED) is 0.159. The van der Waals surface area contributed by atoms with Crippen molar-refractivity contribution in [1.29, 1.82) is 0 Å². The van der Waals surface area contributed by atoms with E-state index in [0.717, 1.165) is 12.8 Å². The summed E-state index contributed by atoms with van der Waals surface area (Å²) >= 11 is 1.64. The molecule has 0 aromatic heterocycles. The Morgan fingerprint density at radius 1 is 0.556 bits per heavy atom. The zero-order valence-corrected chi connectivity index (χ0v) is 37.2. The molecule has 0 unspecified atom stereocenters. The molecule has 6 aromatic rings. The van der Waals surface area contributed by atoms with Crippen molar-refractivity contribution in [2.75, 3.05) is 0 Å². The summed E-state index contributed by atoms with van der Waals surface area (Å²) in [5.41, 5.74) is 13.0. The number of hydrogen-bond acceptors (Lipinski definition) is 0. The molecule has 0 radical (unpaired) electrons. The molecule has 0 heterocycles. The third-order valence-corrected chi connectivity index (χ3v) is 15.6. The van der Waals surface area contributed by atoms with Crippen molar-refractivity contribution in [3.05, 3.63) is 192 Å². The first kappa shape index (κ1) is 43.2. The molecule has 0 atom stereocenters. The summed E-state index contributed by atoms with van der Waals surface area (Å²) in [6, 6.07) is 54.5. The third-order valence-electron chi connectivity index (χ3n) is 9.53. The Morgan fingerprint density at radius 2 is 1.04 bits per heavy atom. The normalized spacial score (nSPS) is 12.1. The molecule has 8 rings (SSSR count). The first-order valence-corrected chi connectivity index (χ1v) is 23.5. The topological polar surface area (TPSA) is 0 Å². The van der Waals surface area contributed by atoms with Crippen LogP contribution in [0.3, 0.4) is 0 Å². The van der Waals surface area contributed by atoms with E-state index < -0.39 is 5.43 Å². The average Bonchev–Trinajstić information content (AvgIpc) is 3.86. The van der Waals surface area contributed by atoms with Crippen LogP contribution in [0.1, 0.15) is 70.2 Å². The summed E-state index contributed by atoms with van der Waals surface area (Å²) in [5, 5.41) is 3.03. The molecule has 272 valence electrons. The molecule has 0 saturated heterocycles. The van der Waals surface area contributed by atoms with Crippen molar-refractivity contribution in [2.45, 2.75) is 65.2 Å². The third kappa shape index (κ3) is 10.6. The number of rotatable bonds is 4. The summed E-state index contributed by atoms with van der Waals surface area (Å²) in [6.07, 6.45) is 10.9. The number of allylic oxidation sites excluding steroid dienone is 4. The Bertz CT molecular complexity index is 2040. The number of halogens is 2. The van der Waals surface area contributed by atoms with Crippen molar-refractivity contribution in [3.63, 3.8) is 0 Å². The second-order valence-corrected chi connectivity index (χ2v) is 21.1. The van der Waals surface area contributed by atoms with Gasteiger partial charge in [-0.2, -0.15) is 6.08 Å². The van der Waals surface area contributed by atoms with Gasteiger partial charge in [0.25, 0.3) is 0 Å². The van der Waals surface area contributed by atoms with Crippen LogP contribution in [0.2, 0.25) is 0 Å².